The quantitative estimate of drug-likeness (QED) is 0.0688. The summed E-state index contributed by atoms with van der Waals surface area (Å²) in [6.45, 7) is 1.88. The van der Waals surface area contributed by atoms with Crippen molar-refractivity contribution in [3.8, 4) is 17.2 Å². The summed E-state index contributed by atoms with van der Waals surface area (Å²) < 4.78 is 11.9. The average Bonchev–Trinajstić information content (AvgIpc) is 3.34. The normalized spacial score (nSPS) is 15.4. The number of nitrogens with two attached hydrogens (primary N) is 4. The Morgan fingerprint density at radius 1 is 0.952 bits per heavy atom. The molecule has 0 saturated carbocycles. The number of hydrogen-bond donors (Lipinski definition) is 7. The van der Waals surface area contributed by atoms with Crippen molar-refractivity contribution in [3.05, 3.63) is 59.2 Å². The molecular formula is C29H40N8O5. The number of nitrogens with one attached hydrogen (secondary N) is 2. The molecular weight excluding hydrogens is 540 g/mol. The second kappa shape index (κ2) is 15.7. The summed E-state index contributed by atoms with van der Waals surface area (Å²) in [4.78, 5) is 33.8. The maximum atomic E-state index is 13.6. The lowest BCUT2D eigenvalue weighted by atomic mass is 9.89. The number of carbonyl (C=O) groups is 2. The molecule has 0 aliphatic carbocycles. The maximum absolute atomic E-state index is 13.6. The molecule has 0 unspecified atom stereocenters. The Hall–Kier alpha value is -4.94. The van der Waals surface area contributed by atoms with E-state index in [0.717, 1.165) is 18.4 Å². The van der Waals surface area contributed by atoms with Gasteiger partial charge in [-0.15, -0.1) is 0 Å². The molecule has 0 aromatic heterocycles. The zero-order valence-corrected chi connectivity index (χ0v) is 23.7. The number of rotatable bonds is 15. The number of aromatic hydroxyl groups is 1. The summed E-state index contributed by atoms with van der Waals surface area (Å²) in [5, 5.41) is 15.6. The van der Waals surface area contributed by atoms with Gasteiger partial charge in [-0.3, -0.25) is 19.6 Å². The number of carbonyl (C=O) groups excluding carboxylic acids is 2. The Kier molecular flexibility index (Phi) is 11.8. The van der Waals surface area contributed by atoms with Crippen LogP contribution in [0.2, 0.25) is 0 Å². The fourth-order valence-corrected chi connectivity index (χ4v) is 4.47. The molecule has 0 spiro atoms. The van der Waals surface area contributed by atoms with Crippen LogP contribution in [0.5, 0.6) is 17.2 Å². The summed E-state index contributed by atoms with van der Waals surface area (Å²) >= 11 is 0. The first-order valence-electron chi connectivity index (χ1n) is 13.7. The summed E-state index contributed by atoms with van der Waals surface area (Å²) in [7, 11) is 1.51. The highest BCUT2D eigenvalue weighted by Gasteiger charge is 2.42. The van der Waals surface area contributed by atoms with Gasteiger partial charge in [0.1, 0.15) is 17.8 Å². The average molecular weight is 581 g/mol. The van der Waals surface area contributed by atoms with Gasteiger partial charge in [-0.05, 0) is 67.2 Å². The molecule has 2 atom stereocenters. The molecule has 1 aliphatic heterocycles. The number of nitrogens with zero attached hydrogens (tertiary/aromatic N) is 2. The fourth-order valence-electron chi connectivity index (χ4n) is 4.47. The number of fused-ring (bicyclic) bond motifs is 1. The number of methoxy groups -OCH3 is 1. The smallest absolute Gasteiger partial charge is 0.243 e. The van der Waals surface area contributed by atoms with E-state index in [2.05, 4.69) is 20.6 Å². The number of ether oxygens (including phenoxy) is 2. The number of amides is 2. The van der Waals surface area contributed by atoms with Crippen molar-refractivity contribution in [3.63, 3.8) is 0 Å². The second-order valence-corrected chi connectivity index (χ2v) is 9.69. The highest BCUT2D eigenvalue weighted by atomic mass is 16.5. The Labute approximate surface area is 245 Å². The second-order valence-electron chi connectivity index (χ2n) is 9.69. The van der Waals surface area contributed by atoms with E-state index in [-0.39, 0.29) is 29.5 Å². The Morgan fingerprint density at radius 3 is 2.17 bits per heavy atom. The Morgan fingerprint density at radius 2 is 1.57 bits per heavy atom. The van der Waals surface area contributed by atoms with E-state index < -0.39 is 12.0 Å². The predicted molar refractivity (Wildman–Crippen MR) is 162 cm³/mol. The summed E-state index contributed by atoms with van der Waals surface area (Å²) in [5.74, 6) is -0.122. The minimum absolute atomic E-state index is 0.0336. The van der Waals surface area contributed by atoms with Gasteiger partial charge in [0, 0.05) is 37.8 Å². The molecule has 226 valence electrons. The first-order chi connectivity index (χ1) is 20.2. The number of benzene rings is 2. The van der Waals surface area contributed by atoms with E-state index in [9.17, 15) is 14.7 Å². The van der Waals surface area contributed by atoms with Crippen LogP contribution in [-0.2, 0) is 9.59 Å². The van der Waals surface area contributed by atoms with E-state index in [1.807, 2.05) is 6.07 Å². The van der Waals surface area contributed by atoms with Crippen molar-refractivity contribution in [2.75, 3.05) is 33.3 Å². The molecule has 0 saturated heterocycles. The van der Waals surface area contributed by atoms with Crippen molar-refractivity contribution in [1.82, 2.24) is 10.6 Å². The first kappa shape index (κ1) is 31.6. The van der Waals surface area contributed by atoms with Gasteiger partial charge in [0.15, 0.2) is 23.4 Å². The fraction of sp³-hybridized carbons (Fsp3) is 0.379. The third-order valence-electron chi connectivity index (χ3n) is 6.50. The van der Waals surface area contributed by atoms with Gasteiger partial charge >= 0.3 is 0 Å². The molecule has 42 heavy (non-hydrogen) atoms. The number of unbranched alkanes of at least 4 members (excludes halogenated alkanes) is 2. The van der Waals surface area contributed by atoms with Gasteiger partial charge in [0.2, 0.25) is 11.8 Å². The lowest BCUT2D eigenvalue weighted by Gasteiger charge is -2.19. The predicted octanol–water partition coefficient (Wildman–Crippen LogP) is 0.971. The lowest BCUT2D eigenvalue weighted by Crippen LogP contribution is -2.32. The van der Waals surface area contributed by atoms with Gasteiger partial charge in [0.25, 0.3) is 0 Å². The molecule has 1 aliphatic rings. The third-order valence-corrected chi connectivity index (χ3v) is 6.50. The monoisotopic (exact) mass is 580 g/mol. The zero-order chi connectivity index (χ0) is 30.5. The third kappa shape index (κ3) is 9.32. The minimum Gasteiger partial charge on any atom is -0.508 e. The van der Waals surface area contributed by atoms with Crippen LogP contribution in [-0.4, -0.2) is 62.1 Å². The van der Waals surface area contributed by atoms with E-state index in [4.69, 9.17) is 32.4 Å². The molecule has 3 rings (SSSR count). The molecule has 2 amide bonds. The van der Waals surface area contributed by atoms with Crippen LogP contribution in [0.15, 0.2) is 52.5 Å². The topological polar surface area (TPSA) is 226 Å². The number of aliphatic imine (C=N–C) groups is 2. The molecule has 2 aromatic carbocycles. The number of phenols is 1. The number of guanidine groups is 2. The van der Waals surface area contributed by atoms with E-state index in [1.165, 1.54) is 13.2 Å². The minimum atomic E-state index is -0.705. The molecule has 2 aromatic rings. The van der Waals surface area contributed by atoms with Crippen molar-refractivity contribution in [1.29, 1.82) is 0 Å². The Bertz CT molecular complexity index is 1300. The number of phenolic OH excluding ortho intramolecular Hbond substituents is 1. The highest BCUT2D eigenvalue weighted by Crippen LogP contribution is 2.51. The van der Waals surface area contributed by atoms with Gasteiger partial charge in [-0.2, -0.15) is 0 Å². The molecule has 11 N–H and O–H groups in total. The summed E-state index contributed by atoms with van der Waals surface area (Å²) in [6, 6.07) is 10.1. The standard InChI is InChI=1S/C29H40N8O5/c1-41-22-17-18(6-11-23(39)34-12-2-4-14-36-28(30)31)16-21-24(27(40)35-13-3-5-15-37-29(32)33)25(42-26(21)22)19-7-9-20(38)10-8-19/h6-11,16-17,24-25,38H,2-5,12-15H2,1H3,(H,34,39)(H,35,40)(H4,30,31,36)(H4,32,33,37)/b11-6+/t24-,25-/m1/s1. The van der Waals surface area contributed by atoms with Crippen LogP contribution < -0.4 is 43.0 Å². The summed E-state index contributed by atoms with van der Waals surface area (Å²) in [6.07, 6.45) is 5.29. The molecule has 13 nitrogen and oxygen atoms in total. The van der Waals surface area contributed by atoms with E-state index in [0.29, 0.717) is 61.6 Å². The largest absolute Gasteiger partial charge is 0.508 e. The first-order valence-corrected chi connectivity index (χ1v) is 13.7. The number of hydrogen-bond acceptors (Lipinski definition) is 7. The zero-order valence-electron chi connectivity index (χ0n) is 23.7. The van der Waals surface area contributed by atoms with Crippen LogP contribution in [0.4, 0.5) is 0 Å². The molecule has 0 radical (unpaired) electrons. The van der Waals surface area contributed by atoms with Crippen LogP contribution in [0, 0.1) is 0 Å². The van der Waals surface area contributed by atoms with Crippen molar-refractivity contribution in [2.24, 2.45) is 32.9 Å². The SMILES string of the molecule is COc1cc(/C=C/C(=O)NCCCCN=C(N)N)cc2c1O[C@H](c1ccc(O)cc1)[C@@H]2C(=O)NCCCCN=C(N)N. The van der Waals surface area contributed by atoms with Gasteiger partial charge < -0.3 is 48.1 Å². The van der Waals surface area contributed by atoms with Crippen LogP contribution in [0.3, 0.4) is 0 Å². The van der Waals surface area contributed by atoms with Crippen molar-refractivity contribution < 1.29 is 24.2 Å². The van der Waals surface area contributed by atoms with Crippen LogP contribution in [0.25, 0.3) is 6.08 Å². The molecule has 13 heteroatoms. The lowest BCUT2D eigenvalue weighted by molar-refractivity contribution is -0.124. The van der Waals surface area contributed by atoms with E-state index >= 15 is 0 Å². The van der Waals surface area contributed by atoms with E-state index in [1.54, 1.807) is 36.4 Å². The van der Waals surface area contributed by atoms with Gasteiger partial charge in [0.05, 0.1) is 7.11 Å². The Balaban J connectivity index is 1.76. The van der Waals surface area contributed by atoms with Crippen molar-refractivity contribution >= 4 is 29.8 Å². The van der Waals surface area contributed by atoms with Crippen LogP contribution in [0.1, 0.15) is 54.4 Å². The highest BCUT2D eigenvalue weighted by molar-refractivity contribution is 5.92. The van der Waals surface area contributed by atoms with Crippen LogP contribution >= 0.6 is 0 Å². The summed E-state index contributed by atoms with van der Waals surface area (Å²) in [5.41, 5.74) is 23.4. The maximum Gasteiger partial charge on any atom is 0.243 e. The van der Waals surface area contributed by atoms with Gasteiger partial charge in [-0.25, -0.2) is 0 Å². The van der Waals surface area contributed by atoms with Crippen molar-refractivity contribution in [2.45, 2.75) is 37.7 Å². The molecule has 0 bridgehead atoms. The molecule has 1 heterocycles. The molecule has 0 fully saturated rings. The van der Waals surface area contributed by atoms with Gasteiger partial charge in [-0.1, -0.05) is 12.1 Å².